The average Bonchev–Trinajstić information content (AvgIpc) is 2.50. The smallest absolute Gasteiger partial charge is 0.410 e. The van der Waals surface area contributed by atoms with Gasteiger partial charge in [0.2, 0.25) is 6.04 Å². The molecule has 0 saturated carbocycles. The molecule has 1 aliphatic rings. The van der Waals surface area contributed by atoms with Crippen LogP contribution in [0.5, 0.6) is 0 Å². The van der Waals surface area contributed by atoms with Crippen LogP contribution in [0.3, 0.4) is 0 Å². The van der Waals surface area contributed by atoms with Gasteiger partial charge in [-0.2, -0.15) is 0 Å². The normalized spacial score (nSPS) is 20.0. The van der Waals surface area contributed by atoms with Crippen molar-refractivity contribution in [3.8, 4) is 0 Å². The lowest BCUT2D eigenvalue weighted by molar-refractivity contribution is -0.531. The van der Waals surface area contributed by atoms with Gasteiger partial charge in [0, 0.05) is 18.4 Å². The Morgan fingerprint density at radius 2 is 1.96 bits per heavy atom. The molecule has 0 fully saturated rings. The van der Waals surface area contributed by atoms with E-state index in [-0.39, 0.29) is 6.54 Å². The molecule has 0 aliphatic carbocycles. The highest BCUT2D eigenvalue weighted by molar-refractivity contribution is 5.69. The fourth-order valence-electron chi connectivity index (χ4n) is 2.82. The number of carbonyl (C=O) groups is 1. The molecule has 24 heavy (non-hydrogen) atoms. The van der Waals surface area contributed by atoms with Crippen molar-refractivity contribution in [2.24, 2.45) is 0 Å². The van der Waals surface area contributed by atoms with Crippen LogP contribution >= 0.6 is 0 Å². The van der Waals surface area contributed by atoms with Gasteiger partial charge in [0.15, 0.2) is 0 Å². The third kappa shape index (κ3) is 4.03. The number of ether oxygens (including phenoxy) is 1. The average molecular weight is 336 g/mol. The molecule has 1 heterocycles. The lowest BCUT2D eigenvalue weighted by Crippen LogP contribution is -2.55. The van der Waals surface area contributed by atoms with Crippen molar-refractivity contribution in [2.75, 3.05) is 0 Å². The zero-order valence-electron chi connectivity index (χ0n) is 14.4. The number of hydrogen-bond donors (Lipinski definition) is 1. The second-order valence-electron chi connectivity index (χ2n) is 7.16. The lowest BCUT2D eigenvalue weighted by Gasteiger charge is -2.39. The summed E-state index contributed by atoms with van der Waals surface area (Å²) in [6, 6.07) is 5.70. The monoisotopic (exact) mass is 336 g/mol. The van der Waals surface area contributed by atoms with Crippen molar-refractivity contribution >= 4 is 6.09 Å². The van der Waals surface area contributed by atoms with E-state index in [1.807, 2.05) is 24.3 Å². The molecular formula is C17H24N2O5. The Balaban J connectivity index is 2.32. The minimum absolute atomic E-state index is 0.261. The maximum atomic E-state index is 12.6. The van der Waals surface area contributed by atoms with E-state index in [0.29, 0.717) is 6.42 Å². The molecule has 0 saturated heterocycles. The Morgan fingerprint density at radius 1 is 1.38 bits per heavy atom. The molecule has 1 amide bonds. The summed E-state index contributed by atoms with van der Waals surface area (Å²) in [5, 5.41) is 21.5. The SMILES string of the molecule is CC(C(O)[C@@H]1Cc2ccccc2CN1C(=O)OC(C)(C)C)[N+](=O)[O-]. The first kappa shape index (κ1) is 18.2. The number of nitro groups is 1. The summed E-state index contributed by atoms with van der Waals surface area (Å²) in [5.41, 5.74) is 1.26. The number of benzene rings is 1. The van der Waals surface area contributed by atoms with E-state index in [1.165, 1.54) is 11.8 Å². The van der Waals surface area contributed by atoms with E-state index in [1.54, 1.807) is 20.8 Å². The van der Waals surface area contributed by atoms with Crippen LogP contribution in [0.25, 0.3) is 0 Å². The van der Waals surface area contributed by atoms with Crippen molar-refractivity contribution in [1.82, 2.24) is 4.90 Å². The van der Waals surface area contributed by atoms with E-state index < -0.39 is 34.8 Å². The van der Waals surface area contributed by atoms with Gasteiger partial charge in [-0.15, -0.1) is 0 Å². The van der Waals surface area contributed by atoms with Crippen molar-refractivity contribution < 1.29 is 19.6 Å². The fraction of sp³-hybridized carbons (Fsp3) is 0.588. The molecule has 0 spiro atoms. The van der Waals surface area contributed by atoms with Crippen molar-refractivity contribution in [2.45, 2.75) is 64.4 Å². The van der Waals surface area contributed by atoms with Gasteiger partial charge in [-0.3, -0.25) is 15.0 Å². The first-order valence-corrected chi connectivity index (χ1v) is 7.98. The Kier molecular flexibility index (Phi) is 5.13. The zero-order valence-corrected chi connectivity index (χ0v) is 14.4. The molecule has 2 rings (SSSR count). The van der Waals surface area contributed by atoms with Crippen LogP contribution in [0.4, 0.5) is 4.79 Å². The second kappa shape index (κ2) is 6.76. The first-order valence-electron chi connectivity index (χ1n) is 7.98. The van der Waals surface area contributed by atoms with Gasteiger partial charge < -0.3 is 9.84 Å². The minimum atomic E-state index is -1.28. The summed E-state index contributed by atoms with van der Waals surface area (Å²) < 4.78 is 5.42. The number of fused-ring (bicyclic) bond motifs is 1. The van der Waals surface area contributed by atoms with Crippen LogP contribution in [-0.2, 0) is 17.7 Å². The van der Waals surface area contributed by atoms with Gasteiger partial charge >= 0.3 is 6.09 Å². The van der Waals surface area contributed by atoms with Crippen LogP contribution in [0.2, 0.25) is 0 Å². The topological polar surface area (TPSA) is 92.9 Å². The predicted octanol–water partition coefficient (Wildman–Crippen LogP) is 2.37. The third-order valence-electron chi connectivity index (χ3n) is 4.14. The fourth-order valence-corrected chi connectivity index (χ4v) is 2.82. The molecule has 1 aromatic carbocycles. The van der Waals surface area contributed by atoms with Gasteiger partial charge in [0.25, 0.3) is 0 Å². The third-order valence-corrected chi connectivity index (χ3v) is 4.14. The molecule has 1 aromatic rings. The number of aliphatic hydroxyl groups is 1. The largest absolute Gasteiger partial charge is 0.444 e. The molecule has 1 N–H and O–H groups in total. The van der Waals surface area contributed by atoms with Crippen LogP contribution in [-0.4, -0.2) is 44.8 Å². The molecule has 7 nitrogen and oxygen atoms in total. The lowest BCUT2D eigenvalue weighted by atomic mass is 9.89. The minimum Gasteiger partial charge on any atom is -0.444 e. The van der Waals surface area contributed by atoms with E-state index in [0.717, 1.165) is 11.1 Å². The summed E-state index contributed by atoms with van der Waals surface area (Å²) in [5.74, 6) is 0. The predicted molar refractivity (Wildman–Crippen MR) is 88.2 cm³/mol. The van der Waals surface area contributed by atoms with Crippen LogP contribution < -0.4 is 0 Å². The van der Waals surface area contributed by atoms with E-state index in [9.17, 15) is 20.0 Å². The van der Waals surface area contributed by atoms with Crippen LogP contribution in [0.15, 0.2) is 24.3 Å². The van der Waals surface area contributed by atoms with Gasteiger partial charge in [0.05, 0.1) is 6.04 Å². The van der Waals surface area contributed by atoms with Crippen LogP contribution in [0.1, 0.15) is 38.8 Å². The summed E-state index contributed by atoms with van der Waals surface area (Å²) in [4.78, 5) is 24.5. The van der Waals surface area contributed by atoms with Crippen molar-refractivity contribution in [1.29, 1.82) is 0 Å². The molecule has 1 aliphatic heterocycles. The highest BCUT2D eigenvalue weighted by Gasteiger charge is 2.41. The summed E-state index contributed by atoms with van der Waals surface area (Å²) in [6.45, 7) is 6.88. The van der Waals surface area contributed by atoms with Crippen molar-refractivity contribution in [3.05, 3.63) is 45.5 Å². The molecule has 2 unspecified atom stereocenters. The molecule has 3 atom stereocenters. The summed E-state index contributed by atoms with van der Waals surface area (Å²) >= 11 is 0. The second-order valence-corrected chi connectivity index (χ2v) is 7.16. The molecule has 0 bridgehead atoms. The first-order chi connectivity index (χ1) is 11.1. The Bertz CT molecular complexity index is 626. The number of rotatable bonds is 3. The quantitative estimate of drug-likeness (QED) is 0.676. The van der Waals surface area contributed by atoms with E-state index in [2.05, 4.69) is 0 Å². The highest BCUT2D eigenvalue weighted by Crippen LogP contribution is 2.28. The molecule has 132 valence electrons. The summed E-state index contributed by atoms with van der Waals surface area (Å²) in [7, 11) is 0. The van der Waals surface area contributed by atoms with Gasteiger partial charge in [0.1, 0.15) is 11.7 Å². The number of nitrogens with zero attached hydrogens (tertiary/aromatic N) is 2. The number of carbonyl (C=O) groups excluding carboxylic acids is 1. The zero-order chi connectivity index (χ0) is 18.1. The molecule has 0 radical (unpaired) electrons. The maximum absolute atomic E-state index is 12.6. The van der Waals surface area contributed by atoms with Crippen LogP contribution in [0, 0.1) is 10.1 Å². The Labute approximate surface area is 141 Å². The number of aliphatic hydroxyl groups excluding tert-OH is 1. The van der Waals surface area contributed by atoms with Gasteiger partial charge in [-0.05, 0) is 38.3 Å². The van der Waals surface area contributed by atoms with E-state index in [4.69, 9.17) is 4.74 Å². The van der Waals surface area contributed by atoms with Gasteiger partial charge in [-0.25, -0.2) is 4.79 Å². The Morgan fingerprint density at radius 3 is 2.50 bits per heavy atom. The molecular weight excluding hydrogens is 312 g/mol. The maximum Gasteiger partial charge on any atom is 0.410 e. The Hall–Kier alpha value is -2.15. The van der Waals surface area contributed by atoms with Gasteiger partial charge in [-0.1, -0.05) is 24.3 Å². The summed E-state index contributed by atoms with van der Waals surface area (Å²) in [6.07, 6.45) is -1.49. The standard InChI is InChI=1S/C17H24N2O5/c1-11(19(22)23)15(20)14-9-12-7-5-6-8-13(12)10-18(14)16(21)24-17(2,3)4/h5-8,11,14-15,20H,9-10H2,1-4H3/t11?,14-,15?/m0/s1. The number of amides is 1. The molecule has 7 heteroatoms. The van der Waals surface area contributed by atoms with E-state index >= 15 is 0 Å². The molecule has 0 aromatic heterocycles. The van der Waals surface area contributed by atoms with Crippen molar-refractivity contribution in [3.63, 3.8) is 0 Å². The highest BCUT2D eigenvalue weighted by atomic mass is 16.6. The number of hydrogen-bond acceptors (Lipinski definition) is 5.